The number of anilines is 1. The van der Waals surface area contributed by atoms with E-state index < -0.39 is 0 Å². The number of rotatable bonds is 3. The molecule has 3 rings (SSSR count). The fourth-order valence-electron chi connectivity index (χ4n) is 2.68. The van der Waals surface area contributed by atoms with Crippen molar-refractivity contribution >= 4 is 17.3 Å². The second-order valence-electron chi connectivity index (χ2n) is 5.21. The second-order valence-corrected chi connectivity index (χ2v) is 5.47. The summed E-state index contributed by atoms with van der Waals surface area (Å²) in [4.78, 5) is 4.82. The van der Waals surface area contributed by atoms with Crippen LogP contribution in [0.2, 0.25) is 0 Å². The van der Waals surface area contributed by atoms with E-state index in [1.165, 1.54) is 18.9 Å². The van der Waals surface area contributed by atoms with Gasteiger partial charge in [0.25, 0.3) is 0 Å². The molecule has 1 aromatic rings. The van der Waals surface area contributed by atoms with E-state index in [1.807, 2.05) is 6.07 Å². The van der Waals surface area contributed by atoms with Crippen LogP contribution < -0.4 is 4.90 Å². The first-order valence-corrected chi connectivity index (χ1v) is 7.14. The van der Waals surface area contributed by atoms with E-state index in [0.717, 1.165) is 43.5 Å². The zero-order valence-corrected chi connectivity index (χ0v) is 11.2. The Labute approximate surface area is 112 Å². The SMILES string of the molecule is Fc1cc(CCl)cc(N2CCN(C3CC3)CC2)c1. The topological polar surface area (TPSA) is 6.48 Å². The van der Waals surface area contributed by atoms with Gasteiger partial charge in [0.05, 0.1) is 0 Å². The number of alkyl halides is 1. The van der Waals surface area contributed by atoms with Gasteiger partial charge in [-0.2, -0.15) is 0 Å². The number of hydrogen-bond acceptors (Lipinski definition) is 2. The van der Waals surface area contributed by atoms with Gasteiger partial charge in [0.15, 0.2) is 0 Å². The van der Waals surface area contributed by atoms with Gasteiger partial charge < -0.3 is 4.90 Å². The van der Waals surface area contributed by atoms with E-state index in [-0.39, 0.29) is 5.82 Å². The average Bonchev–Trinajstić information content (AvgIpc) is 3.22. The number of benzene rings is 1. The van der Waals surface area contributed by atoms with Crippen LogP contribution in [0, 0.1) is 5.82 Å². The lowest BCUT2D eigenvalue weighted by Gasteiger charge is -2.36. The Morgan fingerprint density at radius 3 is 2.44 bits per heavy atom. The highest BCUT2D eigenvalue weighted by molar-refractivity contribution is 6.17. The molecule has 0 spiro atoms. The lowest BCUT2D eigenvalue weighted by Crippen LogP contribution is -2.47. The van der Waals surface area contributed by atoms with E-state index >= 15 is 0 Å². The molecule has 0 radical (unpaired) electrons. The van der Waals surface area contributed by atoms with E-state index in [9.17, 15) is 4.39 Å². The smallest absolute Gasteiger partial charge is 0.125 e. The summed E-state index contributed by atoms with van der Waals surface area (Å²) in [5.41, 5.74) is 1.83. The van der Waals surface area contributed by atoms with Crippen molar-refractivity contribution in [1.29, 1.82) is 0 Å². The maximum atomic E-state index is 13.5. The first-order valence-electron chi connectivity index (χ1n) is 6.61. The Balaban J connectivity index is 1.69. The molecule has 0 amide bonds. The van der Waals surface area contributed by atoms with E-state index in [1.54, 1.807) is 6.07 Å². The quantitative estimate of drug-likeness (QED) is 0.778. The van der Waals surface area contributed by atoms with Crippen LogP contribution in [0.15, 0.2) is 18.2 Å². The lowest BCUT2D eigenvalue weighted by molar-refractivity contribution is 0.248. The summed E-state index contributed by atoms with van der Waals surface area (Å²) in [5.74, 6) is 0.181. The van der Waals surface area contributed by atoms with Crippen molar-refractivity contribution in [1.82, 2.24) is 4.90 Å². The Hall–Kier alpha value is -0.800. The minimum absolute atomic E-state index is 0.187. The normalized spacial score (nSPS) is 21.3. The van der Waals surface area contributed by atoms with E-state index in [4.69, 9.17) is 11.6 Å². The molecular weight excluding hydrogens is 251 g/mol. The first-order chi connectivity index (χ1) is 8.76. The number of nitrogens with zero attached hydrogens (tertiary/aromatic N) is 2. The van der Waals surface area contributed by atoms with Crippen molar-refractivity contribution in [2.75, 3.05) is 31.1 Å². The highest BCUT2D eigenvalue weighted by atomic mass is 35.5. The van der Waals surface area contributed by atoms with Crippen molar-refractivity contribution in [3.63, 3.8) is 0 Å². The largest absolute Gasteiger partial charge is 0.369 e. The van der Waals surface area contributed by atoms with Gasteiger partial charge >= 0.3 is 0 Å². The van der Waals surface area contributed by atoms with Gasteiger partial charge in [-0.05, 0) is 36.6 Å². The molecule has 0 bridgehead atoms. The second kappa shape index (κ2) is 5.06. The van der Waals surface area contributed by atoms with Crippen molar-refractivity contribution < 1.29 is 4.39 Å². The molecule has 0 N–H and O–H groups in total. The third-order valence-corrected chi connectivity index (χ3v) is 4.15. The molecule has 2 aliphatic rings. The summed E-state index contributed by atoms with van der Waals surface area (Å²) in [6, 6.07) is 5.96. The molecular formula is C14H18ClFN2. The van der Waals surface area contributed by atoms with Gasteiger partial charge in [-0.15, -0.1) is 11.6 Å². The molecule has 1 heterocycles. The van der Waals surface area contributed by atoms with Crippen molar-refractivity contribution in [3.8, 4) is 0 Å². The molecule has 1 aliphatic carbocycles. The van der Waals surface area contributed by atoms with Gasteiger partial charge in [-0.25, -0.2) is 4.39 Å². The van der Waals surface area contributed by atoms with Crippen LogP contribution in [0.4, 0.5) is 10.1 Å². The minimum Gasteiger partial charge on any atom is -0.369 e. The molecule has 98 valence electrons. The Kier molecular flexibility index (Phi) is 3.44. The van der Waals surface area contributed by atoms with Crippen LogP contribution >= 0.6 is 11.6 Å². The fraction of sp³-hybridized carbons (Fsp3) is 0.571. The monoisotopic (exact) mass is 268 g/mol. The first kappa shape index (κ1) is 12.2. The van der Waals surface area contributed by atoms with Crippen molar-refractivity contribution in [2.24, 2.45) is 0 Å². The van der Waals surface area contributed by atoms with Gasteiger partial charge in [-0.3, -0.25) is 4.90 Å². The van der Waals surface area contributed by atoms with Crippen LogP contribution in [-0.4, -0.2) is 37.1 Å². The summed E-state index contributed by atoms with van der Waals surface area (Å²) in [6.45, 7) is 4.16. The fourth-order valence-corrected chi connectivity index (χ4v) is 2.83. The maximum absolute atomic E-state index is 13.5. The predicted molar refractivity (Wildman–Crippen MR) is 72.8 cm³/mol. The zero-order valence-electron chi connectivity index (χ0n) is 10.4. The molecule has 0 unspecified atom stereocenters. The predicted octanol–water partition coefficient (Wildman–Crippen LogP) is 2.85. The van der Waals surface area contributed by atoms with Crippen LogP contribution in [0.5, 0.6) is 0 Å². The molecule has 1 aromatic carbocycles. The molecule has 4 heteroatoms. The van der Waals surface area contributed by atoms with Gasteiger partial charge in [0.2, 0.25) is 0 Å². The number of piperazine rings is 1. The third kappa shape index (κ3) is 2.62. The Bertz CT molecular complexity index is 426. The Morgan fingerprint density at radius 1 is 1.11 bits per heavy atom. The summed E-state index contributed by atoms with van der Waals surface area (Å²) in [7, 11) is 0. The van der Waals surface area contributed by atoms with Gasteiger partial charge in [0, 0.05) is 43.8 Å². The lowest BCUT2D eigenvalue weighted by atomic mass is 10.2. The molecule has 1 saturated carbocycles. The maximum Gasteiger partial charge on any atom is 0.125 e. The van der Waals surface area contributed by atoms with Crippen LogP contribution in [-0.2, 0) is 5.88 Å². The third-order valence-electron chi connectivity index (χ3n) is 3.84. The van der Waals surface area contributed by atoms with Crippen LogP contribution in [0.1, 0.15) is 18.4 Å². The van der Waals surface area contributed by atoms with Crippen LogP contribution in [0.25, 0.3) is 0 Å². The molecule has 1 saturated heterocycles. The van der Waals surface area contributed by atoms with Gasteiger partial charge in [0.1, 0.15) is 5.82 Å². The van der Waals surface area contributed by atoms with E-state index in [0.29, 0.717) is 5.88 Å². The summed E-state index contributed by atoms with van der Waals surface area (Å²) >= 11 is 5.79. The molecule has 2 nitrogen and oxygen atoms in total. The van der Waals surface area contributed by atoms with Crippen LogP contribution in [0.3, 0.4) is 0 Å². The standard InChI is InChI=1S/C14H18ClFN2/c15-10-11-7-12(16)9-14(8-11)18-5-3-17(4-6-18)13-1-2-13/h7-9,13H,1-6,10H2. The van der Waals surface area contributed by atoms with E-state index in [2.05, 4.69) is 9.80 Å². The molecule has 2 fully saturated rings. The average molecular weight is 269 g/mol. The highest BCUT2D eigenvalue weighted by Crippen LogP contribution is 2.29. The molecule has 18 heavy (non-hydrogen) atoms. The summed E-state index contributed by atoms with van der Waals surface area (Å²) < 4.78 is 13.5. The number of hydrogen-bond donors (Lipinski definition) is 0. The molecule has 0 atom stereocenters. The summed E-state index contributed by atoms with van der Waals surface area (Å²) in [6.07, 6.45) is 2.72. The zero-order chi connectivity index (χ0) is 12.5. The molecule has 1 aliphatic heterocycles. The number of halogens is 2. The highest BCUT2D eigenvalue weighted by Gasteiger charge is 2.31. The summed E-state index contributed by atoms with van der Waals surface area (Å²) in [5, 5.41) is 0. The van der Waals surface area contributed by atoms with Crippen molar-refractivity contribution in [2.45, 2.75) is 24.8 Å². The Morgan fingerprint density at radius 2 is 1.83 bits per heavy atom. The molecule has 0 aromatic heterocycles. The minimum atomic E-state index is -0.187. The van der Waals surface area contributed by atoms with Gasteiger partial charge in [-0.1, -0.05) is 0 Å². The van der Waals surface area contributed by atoms with Crippen molar-refractivity contribution in [3.05, 3.63) is 29.6 Å².